The zero-order chi connectivity index (χ0) is 22.8. The number of carbonyl (C=O) groups is 1. The average molecular weight is 440 g/mol. The molecule has 1 aliphatic rings. The van der Waals surface area contributed by atoms with E-state index in [2.05, 4.69) is 27.1 Å². The lowest BCUT2D eigenvalue weighted by atomic mass is 9.95. The van der Waals surface area contributed by atoms with Crippen LogP contribution in [0.15, 0.2) is 47.6 Å². The highest BCUT2D eigenvalue weighted by molar-refractivity contribution is 5.80. The first-order chi connectivity index (χ1) is 15.6. The number of aliphatic imine (C=N–C) groups is 1. The van der Waals surface area contributed by atoms with Crippen LogP contribution in [0.2, 0.25) is 0 Å². The summed E-state index contributed by atoms with van der Waals surface area (Å²) in [5.41, 5.74) is 6.30. The fourth-order valence-electron chi connectivity index (χ4n) is 3.84. The van der Waals surface area contributed by atoms with E-state index in [9.17, 15) is 4.79 Å². The van der Waals surface area contributed by atoms with Crippen molar-refractivity contribution in [1.29, 1.82) is 0 Å². The van der Waals surface area contributed by atoms with Crippen molar-refractivity contribution in [1.82, 2.24) is 15.2 Å². The second kappa shape index (κ2) is 11.9. The summed E-state index contributed by atoms with van der Waals surface area (Å²) in [6.45, 7) is 4.86. The van der Waals surface area contributed by atoms with Gasteiger partial charge in [-0.3, -0.25) is 9.79 Å². The summed E-state index contributed by atoms with van der Waals surface area (Å²) < 4.78 is 11.9. The average Bonchev–Trinajstić information content (AvgIpc) is 2.80. The van der Waals surface area contributed by atoms with Crippen molar-refractivity contribution in [2.24, 2.45) is 16.6 Å². The zero-order valence-electron chi connectivity index (χ0n) is 18.9. The van der Waals surface area contributed by atoms with E-state index in [1.54, 1.807) is 13.2 Å². The van der Waals surface area contributed by atoms with E-state index in [0.29, 0.717) is 37.0 Å². The van der Waals surface area contributed by atoms with Crippen molar-refractivity contribution in [3.63, 3.8) is 0 Å². The van der Waals surface area contributed by atoms with Gasteiger partial charge >= 0.3 is 0 Å². The minimum absolute atomic E-state index is 0.250. The molecule has 1 unspecified atom stereocenters. The van der Waals surface area contributed by atoms with Gasteiger partial charge in [-0.25, -0.2) is 4.98 Å². The van der Waals surface area contributed by atoms with Crippen molar-refractivity contribution < 1.29 is 14.3 Å². The Morgan fingerprint density at radius 2 is 2.09 bits per heavy atom. The van der Waals surface area contributed by atoms with Gasteiger partial charge in [-0.1, -0.05) is 25.1 Å². The van der Waals surface area contributed by atoms with Gasteiger partial charge in [0.05, 0.1) is 6.61 Å². The second-order valence-corrected chi connectivity index (χ2v) is 7.89. The van der Waals surface area contributed by atoms with E-state index in [1.807, 2.05) is 36.4 Å². The van der Waals surface area contributed by atoms with Gasteiger partial charge in [-0.15, -0.1) is 0 Å². The summed E-state index contributed by atoms with van der Waals surface area (Å²) in [4.78, 5) is 22.4. The van der Waals surface area contributed by atoms with Crippen molar-refractivity contribution in [3.05, 3.63) is 48.2 Å². The van der Waals surface area contributed by atoms with E-state index in [4.69, 9.17) is 15.2 Å². The third kappa shape index (κ3) is 6.60. The molecule has 3 rings (SSSR count). The minimum atomic E-state index is -0.250. The number of hydrogen-bond donors (Lipinski definition) is 2. The van der Waals surface area contributed by atoms with Crippen LogP contribution in [0.1, 0.15) is 38.2 Å². The molecular formula is C24H33N5O3. The summed E-state index contributed by atoms with van der Waals surface area (Å²) >= 11 is 0. The number of rotatable bonds is 9. The number of ether oxygens (including phenoxy) is 2. The molecule has 1 saturated heterocycles. The summed E-state index contributed by atoms with van der Waals surface area (Å²) in [6, 6.07) is 11.5. The number of benzene rings is 1. The lowest BCUT2D eigenvalue weighted by molar-refractivity contribution is -0.119. The lowest BCUT2D eigenvalue weighted by Crippen LogP contribution is -2.46. The standard InChI is InChI=1S/C24H33N5O3/c1-3-14-31-20-10-4-5-11-21(20)32-23-19(9-6-12-27-23)16-28-24(26-2)29-13-7-8-18(17-29)15-22(25)30/h4-6,9-12,18H,3,7-8,13-17H2,1-2H3,(H2,25,30)(H,26,28). The molecule has 1 amide bonds. The molecule has 0 spiro atoms. The van der Waals surface area contributed by atoms with Gasteiger partial charge in [0.15, 0.2) is 17.5 Å². The molecule has 0 bridgehead atoms. The molecule has 172 valence electrons. The van der Waals surface area contributed by atoms with Crippen molar-refractivity contribution in [2.75, 3.05) is 26.7 Å². The normalized spacial score (nSPS) is 16.5. The fourth-order valence-corrected chi connectivity index (χ4v) is 3.84. The molecule has 0 saturated carbocycles. The Morgan fingerprint density at radius 1 is 1.28 bits per heavy atom. The fraction of sp³-hybridized carbons (Fsp3) is 0.458. The first-order valence-electron chi connectivity index (χ1n) is 11.2. The molecule has 8 heteroatoms. The van der Waals surface area contributed by atoms with E-state index >= 15 is 0 Å². The summed E-state index contributed by atoms with van der Waals surface area (Å²) in [7, 11) is 1.77. The number of aromatic nitrogens is 1. The maximum absolute atomic E-state index is 11.3. The van der Waals surface area contributed by atoms with Gasteiger partial charge in [0, 0.05) is 44.9 Å². The van der Waals surface area contributed by atoms with Gasteiger partial charge < -0.3 is 25.4 Å². The van der Waals surface area contributed by atoms with Crippen LogP contribution < -0.4 is 20.5 Å². The number of nitrogens with zero attached hydrogens (tertiary/aromatic N) is 3. The summed E-state index contributed by atoms with van der Waals surface area (Å²) in [6.07, 6.45) is 5.06. The first-order valence-corrected chi connectivity index (χ1v) is 11.2. The van der Waals surface area contributed by atoms with Crippen LogP contribution in [0.25, 0.3) is 0 Å². The minimum Gasteiger partial charge on any atom is -0.490 e. The topological polar surface area (TPSA) is 102 Å². The first kappa shape index (κ1) is 23.4. The number of hydrogen-bond acceptors (Lipinski definition) is 5. The highest BCUT2D eigenvalue weighted by Crippen LogP contribution is 2.32. The maximum atomic E-state index is 11.3. The molecule has 3 N–H and O–H groups in total. The Labute approximate surface area is 189 Å². The largest absolute Gasteiger partial charge is 0.490 e. The van der Waals surface area contributed by atoms with Crippen LogP contribution >= 0.6 is 0 Å². The molecule has 0 radical (unpaired) electrons. The Balaban J connectivity index is 1.67. The van der Waals surface area contributed by atoms with Crippen LogP contribution in [0.4, 0.5) is 0 Å². The van der Waals surface area contributed by atoms with Gasteiger partial charge in [0.2, 0.25) is 11.8 Å². The Morgan fingerprint density at radius 3 is 2.84 bits per heavy atom. The molecule has 1 fully saturated rings. The van der Waals surface area contributed by atoms with E-state index in [-0.39, 0.29) is 11.8 Å². The molecule has 32 heavy (non-hydrogen) atoms. The Kier molecular flexibility index (Phi) is 8.71. The SMILES string of the molecule is CCCOc1ccccc1Oc1ncccc1CNC(=NC)N1CCCC(CC(N)=O)C1. The number of nitrogens with one attached hydrogen (secondary N) is 1. The van der Waals surface area contributed by atoms with Crippen LogP contribution in [-0.4, -0.2) is 48.5 Å². The second-order valence-electron chi connectivity index (χ2n) is 7.89. The van der Waals surface area contributed by atoms with Crippen LogP contribution in [-0.2, 0) is 11.3 Å². The van der Waals surface area contributed by atoms with Crippen molar-refractivity contribution >= 4 is 11.9 Å². The third-order valence-corrected chi connectivity index (χ3v) is 5.32. The van der Waals surface area contributed by atoms with E-state index in [0.717, 1.165) is 43.9 Å². The number of piperidine rings is 1. The molecule has 2 heterocycles. The molecule has 1 atom stereocenters. The third-order valence-electron chi connectivity index (χ3n) is 5.32. The number of primary amides is 1. The van der Waals surface area contributed by atoms with Gasteiger partial charge in [-0.05, 0) is 43.4 Å². The Hall–Kier alpha value is -3.29. The monoisotopic (exact) mass is 439 g/mol. The number of likely N-dealkylation sites (tertiary alicyclic amines) is 1. The molecule has 1 aliphatic heterocycles. The number of amides is 1. The van der Waals surface area contributed by atoms with E-state index < -0.39 is 0 Å². The summed E-state index contributed by atoms with van der Waals surface area (Å²) in [5, 5.41) is 3.41. The Bertz CT molecular complexity index is 918. The predicted octanol–water partition coefficient (Wildman–Crippen LogP) is 3.33. The molecule has 1 aromatic carbocycles. The number of carbonyl (C=O) groups excluding carboxylic acids is 1. The maximum Gasteiger partial charge on any atom is 0.224 e. The number of guanidine groups is 1. The number of pyridine rings is 1. The molecular weight excluding hydrogens is 406 g/mol. The molecule has 1 aromatic heterocycles. The van der Waals surface area contributed by atoms with Crippen molar-refractivity contribution in [2.45, 2.75) is 39.2 Å². The molecule has 0 aliphatic carbocycles. The van der Waals surface area contributed by atoms with Crippen LogP contribution in [0.5, 0.6) is 17.4 Å². The van der Waals surface area contributed by atoms with Gasteiger partial charge in [-0.2, -0.15) is 0 Å². The highest BCUT2D eigenvalue weighted by Gasteiger charge is 2.23. The highest BCUT2D eigenvalue weighted by atomic mass is 16.5. The van der Waals surface area contributed by atoms with Gasteiger partial charge in [0.1, 0.15) is 0 Å². The smallest absolute Gasteiger partial charge is 0.224 e. The number of nitrogens with two attached hydrogens (primary N) is 1. The molecule has 8 nitrogen and oxygen atoms in total. The van der Waals surface area contributed by atoms with Gasteiger partial charge in [0.25, 0.3) is 0 Å². The lowest BCUT2D eigenvalue weighted by Gasteiger charge is -2.34. The number of para-hydroxylation sites is 2. The van der Waals surface area contributed by atoms with Crippen LogP contribution in [0, 0.1) is 5.92 Å². The predicted molar refractivity (Wildman–Crippen MR) is 125 cm³/mol. The van der Waals surface area contributed by atoms with Crippen molar-refractivity contribution in [3.8, 4) is 17.4 Å². The summed E-state index contributed by atoms with van der Waals surface area (Å²) in [5.74, 6) is 2.66. The molecule has 2 aromatic rings. The zero-order valence-corrected chi connectivity index (χ0v) is 18.9. The quantitative estimate of drug-likeness (QED) is 0.459. The van der Waals surface area contributed by atoms with Crippen LogP contribution in [0.3, 0.4) is 0 Å². The van der Waals surface area contributed by atoms with E-state index in [1.165, 1.54) is 0 Å².